The van der Waals surface area contributed by atoms with Crippen molar-refractivity contribution in [2.45, 2.75) is 18.9 Å². The number of pyridine rings is 1. The largest absolute Gasteiger partial charge is 0.376 e. The molecule has 104 valence electrons. The normalized spacial score (nSPS) is 24.5. The van der Waals surface area contributed by atoms with E-state index in [0.717, 1.165) is 25.1 Å². The van der Waals surface area contributed by atoms with Crippen molar-refractivity contribution in [3.05, 3.63) is 35.8 Å². The van der Waals surface area contributed by atoms with Crippen LogP contribution in [0.2, 0.25) is 0 Å². The van der Waals surface area contributed by atoms with Crippen molar-refractivity contribution in [3.8, 4) is 0 Å². The van der Waals surface area contributed by atoms with Gasteiger partial charge in [0.2, 0.25) is 0 Å². The fraction of sp³-hybridized carbons (Fsp3) is 0.357. The minimum atomic E-state index is -0.115. The van der Waals surface area contributed by atoms with E-state index in [-0.39, 0.29) is 12.0 Å². The average molecular weight is 289 g/mol. The molecule has 6 heteroatoms. The molecule has 5 nitrogen and oxygen atoms in total. The zero-order valence-electron chi connectivity index (χ0n) is 10.9. The van der Waals surface area contributed by atoms with Gasteiger partial charge < -0.3 is 10.1 Å². The first-order chi connectivity index (χ1) is 9.74. The predicted octanol–water partition coefficient (Wildman–Crippen LogP) is 1.32. The molecule has 3 rings (SSSR count). The quantitative estimate of drug-likeness (QED) is 0.672. The number of nitrogens with zero attached hydrogens (tertiary/aromatic N) is 2. The van der Waals surface area contributed by atoms with Gasteiger partial charge in [-0.1, -0.05) is 6.07 Å². The van der Waals surface area contributed by atoms with E-state index in [2.05, 4.69) is 10.3 Å². The SMILES string of the molecule is O=C1/C(=C/c2ccccn2)NC(=S)N1C[C@@H]1CCCO1. The Morgan fingerprint density at radius 1 is 1.55 bits per heavy atom. The number of thiocarbonyl (C=S) groups is 1. The van der Waals surface area contributed by atoms with E-state index in [1.165, 1.54) is 0 Å². The van der Waals surface area contributed by atoms with E-state index in [9.17, 15) is 4.79 Å². The number of carbonyl (C=O) groups is 1. The van der Waals surface area contributed by atoms with Crippen LogP contribution in [0.1, 0.15) is 18.5 Å². The Hall–Kier alpha value is -1.79. The van der Waals surface area contributed by atoms with Gasteiger partial charge in [0.25, 0.3) is 5.91 Å². The molecule has 2 saturated heterocycles. The summed E-state index contributed by atoms with van der Waals surface area (Å²) < 4.78 is 5.55. The molecule has 1 aromatic rings. The molecule has 2 aliphatic heterocycles. The van der Waals surface area contributed by atoms with Crippen LogP contribution >= 0.6 is 12.2 Å². The highest BCUT2D eigenvalue weighted by Crippen LogP contribution is 2.18. The standard InChI is InChI=1S/C14H15N3O2S/c18-13-12(8-10-4-1-2-6-15-10)16-14(20)17(13)9-11-5-3-7-19-11/h1-2,4,6,8,11H,3,5,7,9H2,(H,16,20)/b12-8-/t11-/m0/s1. The summed E-state index contributed by atoms with van der Waals surface area (Å²) in [6.45, 7) is 1.29. The zero-order valence-corrected chi connectivity index (χ0v) is 11.7. The molecule has 0 aromatic carbocycles. The number of carbonyl (C=O) groups excluding carboxylic acids is 1. The first-order valence-corrected chi connectivity index (χ1v) is 7.02. The predicted molar refractivity (Wildman–Crippen MR) is 78.6 cm³/mol. The van der Waals surface area contributed by atoms with Crippen molar-refractivity contribution >= 4 is 29.3 Å². The van der Waals surface area contributed by atoms with Crippen LogP contribution in [-0.2, 0) is 9.53 Å². The lowest BCUT2D eigenvalue weighted by Gasteiger charge is -2.18. The van der Waals surface area contributed by atoms with Crippen LogP contribution < -0.4 is 5.32 Å². The summed E-state index contributed by atoms with van der Waals surface area (Å²) in [5.41, 5.74) is 1.19. The van der Waals surface area contributed by atoms with E-state index >= 15 is 0 Å². The second-order valence-corrected chi connectivity index (χ2v) is 5.18. The molecule has 20 heavy (non-hydrogen) atoms. The fourth-order valence-corrected chi connectivity index (χ4v) is 2.61. The summed E-state index contributed by atoms with van der Waals surface area (Å²) in [6, 6.07) is 5.55. The Morgan fingerprint density at radius 2 is 2.45 bits per heavy atom. The molecule has 0 radical (unpaired) electrons. The van der Waals surface area contributed by atoms with Crippen LogP contribution in [0.4, 0.5) is 0 Å². The maximum Gasteiger partial charge on any atom is 0.276 e. The monoisotopic (exact) mass is 289 g/mol. The Kier molecular flexibility index (Phi) is 3.75. The number of ether oxygens (including phenoxy) is 1. The lowest BCUT2D eigenvalue weighted by molar-refractivity contribution is -0.123. The van der Waals surface area contributed by atoms with E-state index in [1.54, 1.807) is 17.2 Å². The van der Waals surface area contributed by atoms with Crippen molar-refractivity contribution in [2.75, 3.05) is 13.2 Å². The molecule has 1 aromatic heterocycles. The minimum Gasteiger partial charge on any atom is -0.376 e. The molecule has 0 saturated carbocycles. The van der Waals surface area contributed by atoms with Crippen molar-refractivity contribution < 1.29 is 9.53 Å². The highest BCUT2D eigenvalue weighted by Gasteiger charge is 2.33. The van der Waals surface area contributed by atoms with Crippen molar-refractivity contribution in [3.63, 3.8) is 0 Å². The third-order valence-corrected chi connectivity index (χ3v) is 3.67. The van der Waals surface area contributed by atoms with Crippen LogP contribution in [0.3, 0.4) is 0 Å². The minimum absolute atomic E-state index is 0.0906. The van der Waals surface area contributed by atoms with Gasteiger partial charge in [0.15, 0.2) is 5.11 Å². The maximum absolute atomic E-state index is 12.3. The van der Waals surface area contributed by atoms with Crippen molar-refractivity contribution in [1.29, 1.82) is 0 Å². The van der Waals surface area contributed by atoms with Gasteiger partial charge in [-0.15, -0.1) is 0 Å². The highest BCUT2D eigenvalue weighted by molar-refractivity contribution is 7.80. The summed E-state index contributed by atoms with van der Waals surface area (Å²) >= 11 is 5.22. The third-order valence-electron chi connectivity index (χ3n) is 3.35. The molecule has 0 aliphatic carbocycles. The van der Waals surface area contributed by atoms with Crippen LogP contribution in [0.25, 0.3) is 6.08 Å². The molecule has 1 atom stereocenters. The summed E-state index contributed by atoms with van der Waals surface area (Å²) in [5.74, 6) is -0.115. The average Bonchev–Trinajstić information content (AvgIpc) is 3.05. The fourth-order valence-electron chi connectivity index (χ4n) is 2.34. The Balaban J connectivity index is 1.74. The first-order valence-electron chi connectivity index (χ1n) is 6.61. The zero-order chi connectivity index (χ0) is 13.9. The summed E-state index contributed by atoms with van der Waals surface area (Å²) in [6.07, 6.45) is 5.51. The Bertz CT molecular complexity index is 553. The maximum atomic E-state index is 12.3. The van der Waals surface area contributed by atoms with Gasteiger partial charge in [0.05, 0.1) is 18.3 Å². The Labute approximate surface area is 122 Å². The number of nitrogens with one attached hydrogen (secondary N) is 1. The van der Waals surface area contributed by atoms with Crippen LogP contribution in [-0.4, -0.2) is 40.2 Å². The number of amides is 1. The van der Waals surface area contributed by atoms with Crippen molar-refractivity contribution in [2.24, 2.45) is 0 Å². The molecule has 2 fully saturated rings. The molecule has 1 amide bonds. The molecular weight excluding hydrogens is 274 g/mol. The van der Waals surface area contributed by atoms with E-state index in [0.29, 0.717) is 17.4 Å². The lowest BCUT2D eigenvalue weighted by Crippen LogP contribution is -2.37. The molecule has 0 unspecified atom stereocenters. The van der Waals surface area contributed by atoms with Gasteiger partial charge in [0.1, 0.15) is 5.70 Å². The molecule has 0 spiro atoms. The number of hydrogen-bond acceptors (Lipinski definition) is 4. The smallest absolute Gasteiger partial charge is 0.276 e. The summed E-state index contributed by atoms with van der Waals surface area (Å²) in [4.78, 5) is 18.1. The van der Waals surface area contributed by atoms with Gasteiger partial charge in [-0.25, -0.2) is 0 Å². The number of hydrogen-bond donors (Lipinski definition) is 1. The van der Waals surface area contributed by atoms with Gasteiger partial charge >= 0.3 is 0 Å². The molecule has 0 bridgehead atoms. The summed E-state index contributed by atoms with van der Waals surface area (Å²) in [7, 11) is 0. The molecule has 1 N–H and O–H groups in total. The van der Waals surface area contributed by atoms with E-state index in [4.69, 9.17) is 17.0 Å². The molecular formula is C14H15N3O2S. The van der Waals surface area contributed by atoms with Gasteiger partial charge in [-0.3, -0.25) is 14.7 Å². The molecule has 2 aliphatic rings. The van der Waals surface area contributed by atoms with Gasteiger partial charge in [-0.2, -0.15) is 0 Å². The first kappa shape index (κ1) is 13.2. The summed E-state index contributed by atoms with van der Waals surface area (Å²) in [5, 5.41) is 3.39. The second-order valence-electron chi connectivity index (χ2n) is 4.79. The van der Waals surface area contributed by atoms with Crippen LogP contribution in [0, 0.1) is 0 Å². The van der Waals surface area contributed by atoms with E-state index in [1.807, 2.05) is 18.2 Å². The molecule has 3 heterocycles. The number of rotatable bonds is 3. The topological polar surface area (TPSA) is 54.5 Å². The second kappa shape index (κ2) is 5.68. The Morgan fingerprint density at radius 3 is 3.15 bits per heavy atom. The van der Waals surface area contributed by atoms with Crippen LogP contribution in [0.15, 0.2) is 30.1 Å². The lowest BCUT2D eigenvalue weighted by atomic mass is 10.2. The van der Waals surface area contributed by atoms with Crippen LogP contribution in [0.5, 0.6) is 0 Å². The van der Waals surface area contributed by atoms with Gasteiger partial charge in [0, 0.05) is 12.8 Å². The van der Waals surface area contributed by atoms with E-state index < -0.39 is 0 Å². The number of aromatic nitrogens is 1. The third kappa shape index (κ3) is 2.71. The van der Waals surface area contributed by atoms with Crippen molar-refractivity contribution in [1.82, 2.24) is 15.2 Å². The highest BCUT2D eigenvalue weighted by atomic mass is 32.1. The van der Waals surface area contributed by atoms with Gasteiger partial charge in [-0.05, 0) is 43.3 Å².